The zero-order valence-electron chi connectivity index (χ0n) is 61.4. The van der Waals surface area contributed by atoms with Crippen LogP contribution in [0.25, 0.3) is 0 Å². The van der Waals surface area contributed by atoms with Crippen molar-refractivity contribution < 1.29 is 70.7 Å². The average molecular weight is 1460 g/mol. The molecule has 2 saturated carbocycles. The van der Waals surface area contributed by atoms with Gasteiger partial charge in [-0.15, -0.1) is 23.2 Å². The van der Waals surface area contributed by atoms with Gasteiger partial charge in [0, 0.05) is 72.2 Å². The number of unbranched alkanes of at least 4 members (excludes halogenated alkanes) is 1. The van der Waals surface area contributed by atoms with Gasteiger partial charge in [-0.05, 0) is 166 Å². The summed E-state index contributed by atoms with van der Waals surface area (Å²) in [5, 5.41) is 10.1. The first-order valence-corrected chi connectivity index (χ1v) is 37.6. The zero-order chi connectivity index (χ0) is 74.4. The van der Waals surface area contributed by atoms with Crippen LogP contribution in [0.1, 0.15) is 203 Å². The van der Waals surface area contributed by atoms with Crippen molar-refractivity contribution in [1.82, 2.24) is 60.5 Å². The summed E-state index contributed by atoms with van der Waals surface area (Å²) in [5.74, 6) is -10.8. The topological polar surface area (TPSA) is 279 Å². The Kier molecular flexibility index (Phi) is 30.6. The highest BCUT2D eigenvalue weighted by Gasteiger charge is 2.50. The molecule has 0 aromatic rings. The maximum Gasteiger partial charge on any atom is 0.393 e. The molecule has 4 heterocycles. The molecule has 0 aromatic carbocycles. The second-order valence-corrected chi connectivity index (χ2v) is 31.5. The molecule has 3 unspecified atom stereocenters. The van der Waals surface area contributed by atoms with E-state index in [1.54, 1.807) is 11.8 Å². The fourth-order valence-corrected chi connectivity index (χ4v) is 15.7. The third kappa shape index (κ3) is 21.1. The van der Waals surface area contributed by atoms with Crippen LogP contribution < -0.4 is 21.3 Å². The molecule has 6 rings (SSSR count). The number of hydrogen-bond acceptors (Lipinski definition) is 12. The van der Waals surface area contributed by atoms with Crippen molar-refractivity contribution in [2.75, 3.05) is 68.0 Å². The van der Waals surface area contributed by atoms with E-state index in [1.807, 2.05) is 27.7 Å². The third-order valence-corrected chi connectivity index (χ3v) is 23.3. The third-order valence-electron chi connectivity index (χ3n) is 22.4. The predicted octanol–water partition coefficient (Wildman–Crippen LogP) is 6.36. The number of halogens is 5. The van der Waals surface area contributed by atoms with Crippen molar-refractivity contribution in [3.8, 4) is 0 Å². The second-order valence-electron chi connectivity index (χ2n) is 30.4. The number of carbonyl (C=O) groups is 12. The molecule has 24 nitrogen and oxygen atoms in total. The number of nitrogens with one attached hydrogen (secondary N) is 4. The number of carbonyl (C=O) groups excluding carboxylic acids is 12. The highest BCUT2D eigenvalue weighted by molar-refractivity contribution is 6.21. The molecular weight excluding hydrogens is 1340 g/mol. The Morgan fingerprint density at radius 2 is 1.25 bits per heavy atom. The van der Waals surface area contributed by atoms with E-state index in [0.29, 0.717) is 83.7 Å². The van der Waals surface area contributed by atoms with Crippen LogP contribution in [0.3, 0.4) is 0 Å². The van der Waals surface area contributed by atoms with Crippen LogP contribution in [0.2, 0.25) is 0 Å². The number of likely N-dealkylation sites (N-methyl/N-ethyl adjacent to an activating group) is 5. The van der Waals surface area contributed by atoms with Crippen molar-refractivity contribution in [2.24, 2.45) is 29.6 Å². The summed E-state index contributed by atoms with van der Waals surface area (Å²) in [4.78, 5) is 189. The number of fused-ring (bicyclic) bond motifs is 2. The molecule has 0 bridgehead atoms. The normalized spacial score (nSPS) is 31.6. The van der Waals surface area contributed by atoms with Crippen LogP contribution >= 0.6 is 23.2 Å². The van der Waals surface area contributed by atoms with Gasteiger partial charge in [0.2, 0.25) is 70.9 Å². The molecular formula is C71H115Cl2F3N12O12. The molecule has 0 aromatic heterocycles. The van der Waals surface area contributed by atoms with Gasteiger partial charge in [0.05, 0.1) is 18.9 Å². The monoisotopic (exact) mass is 1450 g/mol. The number of alkyl halides is 5. The zero-order valence-corrected chi connectivity index (χ0v) is 62.9. The lowest BCUT2D eigenvalue weighted by Crippen LogP contribution is -2.65. The van der Waals surface area contributed by atoms with Crippen molar-refractivity contribution in [3.05, 3.63) is 0 Å². The lowest BCUT2D eigenvalue weighted by molar-refractivity contribution is -0.182. The molecule has 0 spiro atoms. The molecule has 0 radical (unpaired) electrons. The van der Waals surface area contributed by atoms with Crippen LogP contribution in [0.5, 0.6) is 0 Å². The summed E-state index contributed by atoms with van der Waals surface area (Å²) >= 11 is 12.9. The fraction of sp³-hybridized carbons (Fsp3) is 0.831. The summed E-state index contributed by atoms with van der Waals surface area (Å²) in [6, 6.07) is -11.1. The van der Waals surface area contributed by atoms with Gasteiger partial charge in [-0.25, -0.2) is 0 Å². The summed E-state index contributed by atoms with van der Waals surface area (Å²) in [7, 11) is 7.05. The van der Waals surface area contributed by atoms with E-state index in [1.165, 1.54) is 80.5 Å². The van der Waals surface area contributed by atoms with Gasteiger partial charge in [0.25, 0.3) is 0 Å². The largest absolute Gasteiger partial charge is 0.393 e. The van der Waals surface area contributed by atoms with E-state index in [0.717, 1.165) is 16.2 Å². The second kappa shape index (κ2) is 36.9. The summed E-state index contributed by atoms with van der Waals surface area (Å²) < 4.78 is 42.0. The molecule has 12 amide bonds. The van der Waals surface area contributed by atoms with E-state index < -0.39 is 167 Å². The standard InChI is InChI=1S/C71H115Cl2F3N12O12/c1-14-16-22-51-64(95)85(13)70(7,8)69(100)79-52(37-42(3)4)63(94)83(11)56(67(98)86-33-19-17-20-34-86)40-58(90)87-35-21-18-23-53(87)61(92)80-59(43(5)15-2)68(99)82(10)44(6)62(93)88-36-32-54(88)66(97)84(12)55(39-46-24-28-47(72)29-25-46)65(96)81(9)41-57(89)77-50(60(91)78-51)31-27-45-26-30-48(49(73)38-45)71(74,75)76/h42-56,59H,14-41H2,1-13H3,(H,77,89)(H,78,91)(H,79,100)(H,80,92)/t43-,44-,45?,46?,47?,48?,49?,50-,51-,52-,53-,54-,55-,56-,59-/m0/s1. The number of rotatable bonds is 13. The smallest absolute Gasteiger partial charge is 0.343 e. The Labute approximate surface area is 600 Å². The quantitative estimate of drug-likeness (QED) is 0.147. The Balaban J connectivity index is 1.41. The van der Waals surface area contributed by atoms with Crippen molar-refractivity contribution in [2.45, 2.75) is 280 Å². The van der Waals surface area contributed by atoms with Gasteiger partial charge in [-0.3, -0.25) is 57.5 Å². The van der Waals surface area contributed by atoms with Crippen LogP contribution in [0, 0.1) is 29.6 Å². The van der Waals surface area contributed by atoms with Crippen LogP contribution in [0.4, 0.5) is 13.2 Å². The van der Waals surface area contributed by atoms with Crippen molar-refractivity contribution >= 4 is 94.1 Å². The molecule has 100 heavy (non-hydrogen) atoms. The summed E-state index contributed by atoms with van der Waals surface area (Å²) in [6.45, 7) is 14.0. The Morgan fingerprint density at radius 1 is 0.610 bits per heavy atom. The Bertz CT molecular complexity index is 2900. The first kappa shape index (κ1) is 83.0. The maximum atomic E-state index is 15.2. The summed E-state index contributed by atoms with van der Waals surface area (Å²) in [5.41, 5.74) is -1.75. The van der Waals surface area contributed by atoms with Crippen molar-refractivity contribution in [3.63, 3.8) is 0 Å². The lowest BCUT2D eigenvalue weighted by Gasteiger charge is -2.45. The van der Waals surface area contributed by atoms with E-state index in [-0.39, 0.29) is 100 Å². The molecule has 4 N–H and O–H groups in total. The minimum Gasteiger partial charge on any atom is -0.343 e. The van der Waals surface area contributed by atoms with E-state index in [2.05, 4.69) is 21.3 Å². The number of nitrogens with zero attached hydrogens (tertiary/aromatic N) is 8. The predicted molar refractivity (Wildman–Crippen MR) is 372 cm³/mol. The minimum atomic E-state index is -4.52. The molecule has 4 aliphatic heterocycles. The van der Waals surface area contributed by atoms with E-state index in [9.17, 15) is 56.3 Å². The summed E-state index contributed by atoms with van der Waals surface area (Å²) in [6.07, 6.45) is 2.85. The molecule has 566 valence electrons. The minimum absolute atomic E-state index is 0.0246. The molecule has 6 aliphatic rings. The Morgan fingerprint density at radius 3 is 1.84 bits per heavy atom. The number of piperidine rings is 2. The van der Waals surface area contributed by atoms with Gasteiger partial charge >= 0.3 is 6.18 Å². The SMILES string of the molecule is CCCC[C@@H]1NC(=O)[C@H](CCC2CCC(C(F)(F)F)C(Cl)C2)NC(=O)CN(C)C(=O)[C@H](CC2CCC(Cl)CC2)N(C)C(=O)[C@@H]2CCN2C(=O)[C@H](C)N(C)C(=O)[C@H]([C@@H](C)CC)NC(=O)[C@@H]2CCCCN2C(=O)C[C@@H](C(=O)N2CCCCC2)N(C)C(=O)[C@H](CC(C)C)NC(=O)C(C)(C)N(C)C1=O. The van der Waals surface area contributed by atoms with Crippen LogP contribution in [-0.2, 0) is 57.5 Å². The molecule has 2 aliphatic carbocycles. The molecule has 29 heteroatoms. The van der Waals surface area contributed by atoms with Gasteiger partial charge in [-0.2, -0.15) is 13.2 Å². The highest BCUT2D eigenvalue weighted by Crippen LogP contribution is 2.44. The Hall–Kier alpha value is -5.99. The molecule has 13 atom stereocenters. The highest BCUT2D eigenvalue weighted by atomic mass is 35.5. The van der Waals surface area contributed by atoms with E-state index in [4.69, 9.17) is 23.2 Å². The lowest BCUT2D eigenvalue weighted by atomic mass is 9.78. The van der Waals surface area contributed by atoms with Crippen LogP contribution in [0.15, 0.2) is 0 Å². The average Bonchev–Trinajstić information content (AvgIpc) is 0.787. The van der Waals surface area contributed by atoms with Gasteiger partial charge in [-0.1, -0.05) is 53.9 Å². The maximum absolute atomic E-state index is 15.2. The number of hydrogen-bond donors (Lipinski definition) is 4. The number of likely N-dealkylation sites (tertiary alicyclic amines) is 1. The fourth-order valence-electron chi connectivity index (χ4n) is 15.0. The van der Waals surface area contributed by atoms with E-state index >= 15 is 14.4 Å². The molecule has 6 fully saturated rings. The van der Waals surface area contributed by atoms with Gasteiger partial charge in [0.15, 0.2) is 0 Å². The van der Waals surface area contributed by atoms with Gasteiger partial charge < -0.3 is 60.5 Å². The molecule has 4 saturated heterocycles. The number of amides is 12. The first-order chi connectivity index (χ1) is 46.9. The van der Waals surface area contributed by atoms with Crippen molar-refractivity contribution in [1.29, 1.82) is 0 Å². The first-order valence-electron chi connectivity index (χ1n) is 36.7. The van der Waals surface area contributed by atoms with Crippen LogP contribution in [-0.4, -0.2) is 255 Å². The van der Waals surface area contributed by atoms with Gasteiger partial charge in [0.1, 0.15) is 59.9 Å².